The fourth-order valence-electron chi connectivity index (χ4n) is 2.30. The minimum atomic E-state index is -3.64. The molecule has 1 amide bonds. The van der Waals surface area contributed by atoms with Crippen molar-refractivity contribution in [3.8, 4) is 0 Å². The van der Waals surface area contributed by atoms with Gasteiger partial charge in [0.05, 0.1) is 4.90 Å². The van der Waals surface area contributed by atoms with E-state index in [-0.39, 0.29) is 10.8 Å². The number of hydrogen-bond donors (Lipinski definition) is 1. The third-order valence-corrected chi connectivity index (χ3v) is 5.36. The van der Waals surface area contributed by atoms with E-state index in [0.717, 1.165) is 0 Å². The fraction of sp³-hybridized carbons (Fsp3) is 0.462. The average molecular weight is 297 g/mol. The zero-order valence-electron chi connectivity index (χ0n) is 11.6. The molecule has 1 fully saturated rings. The molecule has 7 heteroatoms. The van der Waals surface area contributed by atoms with Gasteiger partial charge < -0.3 is 10.2 Å². The molecular weight excluding hydrogens is 278 g/mol. The predicted octanol–water partition coefficient (Wildman–Crippen LogP) is -0.263. The smallest absolute Gasteiger partial charge is 0.243 e. The first-order chi connectivity index (χ1) is 9.46. The van der Waals surface area contributed by atoms with Crippen LogP contribution in [0, 0.1) is 0 Å². The normalized spacial score (nSPS) is 21.6. The van der Waals surface area contributed by atoms with Crippen molar-refractivity contribution >= 4 is 15.9 Å². The van der Waals surface area contributed by atoms with Gasteiger partial charge in [-0.25, -0.2) is 8.42 Å². The Morgan fingerprint density at radius 1 is 1.25 bits per heavy atom. The van der Waals surface area contributed by atoms with Crippen molar-refractivity contribution in [2.24, 2.45) is 0 Å². The first-order valence-corrected chi connectivity index (χ1v) is 7.88. The highest BCUT2D eigenvalue weighted by molar-refractivity contribution is 7.89. The highest BCUT2D eigenvalue weighted by Gasteiger charge is 2.38. The average Bonchev–Trinajstić information content (AvgIpc) is 2.47. The first kappa shape index (κ1) is 15.0. The van der Waals surface area contributed by atoms with Gasteiger partial charge in [0.15, 0.2) is 0 Å². The van der Waals surface area contributed by atoms with Crippen LogP contribution in [0.4, 0.5) is 0 Å². The molecule has 110 valence electrons. The van der Waals surface area contributed by atoms with Gasteiger partial charge in [0.2, 0.25) is 15.9 Å². The zero-order chi connectivity index (χ0) is 14.8. The maximum atomic E-state index is 12.7. The molecule has 1 saturated heterocycles. The summed E-state index contributed by atoms with van der Waals surface area (Å²) < 4.78 is 26.6. The van der Waals surface area contributed by atoms with Crippen LogP contribution in [0.3, 0.4) is 0 Å². The van der Waals surface area contributed by atoms with Gasteiger partial charge in [0.25, 0.3) is 0 Å². The van der Waals surface area contributed by atoms with E-state index in [0.29, 0.717) is 19.6 Å². The maximum absolute atomic E-state index is 12.7. The summed E-state index contributed by atoms with van der Waals surface area (Å²) in [6.07, 6.45) is 0. The molecule has 1 aromatic rings. The Morgan fingerprint density at radius 2 is 1.90 bits per heavy atom. The van der Waals surface area contributed by atoms with Crippen molar-refractivity contribution in [2.45, 2.75) is 10.9 Å². The first-order valence-electron chi connectivity index (χ1n) is 6.44. The van der Waals surface area contributed by atoms with Crippen LogP contribution in [-0.2, 0) is 14.8 Å². The Balaban J connectivity index is 2.36. The van der Waals surface area contributed by atoms with Crippen LogP contribution in [0.25, 0.3) is 0 Å². The lowest BCUT2D eigenvalue weighted by Gasteiger charge is -2.37. The Hall–Kier alpha value is -1.44. The Kier molecular flexibility index (Phi) is 4.42. The molecule has 1 atom stereocenters. The molecule has 20 heavy (non-hydrogen) atoms. The summed E-state index contributed by atoms with van der Waals surface area (Å²) in [5.74, 6) is -0.281. The standard InChI is InChI=1S/C13H19N3O3S/c1-14-13(17)12-10-15(2)8-9-16(12)20(18,19)11-6-4-3-5-7-11/h3-7,12H,8-10H2,1-2H3,(H,14,17)/t12-/m1/s1. The van der Waals surface area contributed by atoms with E-state index in [4.69, 9.17) is 0 Å². The second kappa shape index (κ2) is 5.90. The third kappa shape index (κ3) is 2.84. The summed E-state index contributed by atoms with van der Waals surface area (Å²) in [6, 6.07) is 7.53. The van der Waals surface area contributed by atoms with Crippen molar-refractivity contribution in [2.75, 3.05) is 33.7 Å². The number of benzene rings is 1. The van der Waals surface area contributed by atoms with Crippen LogP contribution in [0.2, 0.25) is 0 Å². The molecular formula is C13H19N3O3S. The number of hydrogen-bond acceptors (Lipinski definition) is 4. The molecule has 1 aliphatic heterocycles. The minimum Gasteiger partial charge on any atom is -0.358 e. The quantitative estimate of drug-likeness (QED) is 0.834. The van der Waals surface area contributed by atoms with Gasteiger partial charge in [-0.05, 0) is 19.2 Å². The van der Waals surface area contributed by atoms with Crippen molar-refractivity contribution < 1.29 is 13.2 Å². The number of sulfonamides is 1. The Labute approximate surface area is 119 Å². The van der Waals surface area contributed by atoms with Gasteiger partial charge in [-0.15, -0.1) is 0 Å². The molecule has 1 heterocycles. The lowest BCUT2D eigenvalue weighted by molar-refractivity contribution is -0.125. The molecule has 0 unspecified atom stereocenters. The number of amides is 1. The molecule has 0 bridgehead atoms. The second-order valence-corrected chi connectivity index (χ2v) is 6.71. The van der Waals surface area contributed by atoms with Gasteiger partial charge in [-0.2, -0.15) is 4.31 Å². The van der Waals surface area contributed by atoms with Crippen LogP contribution < -0.4 is 5.32 Å². The van der Waals surface area contributed by atoms with Crippen molar-refractivity contribution in [3.05, 3.63) is 30.3 Å². The van der Waals surface area contributed by atoms with Crippen molar-refractivity contribution in [1.29, 1.82) is 0 Å². The number of nitrogens with zero attached hydrogens (tertiary/aromatic N) is 2. The van der Waals surface area contributed by atoms with Gasteiger partial charge in [0.1, 0.15) is 6.04 Å². The van der Waals surface area contributed by atoms with E-state index < -0.39 is 16.1 Å². The molecule has 0 radical (unpaired) electrons. The van der Waals surface area contributed by atoms with Gasteiger partial charge in [-0.1, -0.05) is 18.2 Å². The van der Waals surface area contributed by atoms with Crippen molar-refractivity contribution in [3.63, 3.8) is 0 Å². The highest BCUT2D eigenvalue weighted by atomic mass is 32.2. The number of rotatable bonds is 3. The van der Waals surface area contributed by atoms with Gasteiger partial charge >= 0.3 is 0 Å². The van der Waals surface area contributed by atoms with E-state index in [1.54, 1.807) is 30.3 Å². The van der Waals surface area contributed by atoms with Crippen LogP contribution in [0.5, 0.6) is 0 Å². The zero-order valence-corrected chi connectivity index (χ0v) is 12.4. The van der Waals surface area contributed by atoms with Crippen molar-refractivity contribution in [1.82, 2.24) is 14.5 Å². The molecule has 0 aliphatic carbocycles. The SMILES string of the molecule is CNC(=O)[C@H]1CN(C)CCN1S(=O)(=O)c1ccccc1. The molecule has 1 aliphatic rings. The van der Waals surface area contributed by atoms with E-state index in [1.807, 2.05) is 11.9 Å². The third-order valence-electron chi connectivity index (χ3n) is 3.43. The Bertz CT molecular complexity index is 574. The van der Waals surface area contributed by atoms with Crippen LogP contribution in [0.1, 0.15) is 0 Å². The predicted molar refractivity (Wildman–Crippen MR) is 75.7 cm³/mol. The lowest BCUT2D eigenvalue weighted by atomic mass is 10.2. The number of carbonyl (C=O) groups excluding carboxylic acids is 1. The second-order valence-electron chi connectivity index (χ2n) is 4.82. The molecule has 1 N–H and O–H groups in total. The summed E-state index contributed by atoms with van der Waals surface area (Å²) in [5, 5.41) is 2.54. The van der Waals surface area contributed by atoms with Crippen LogP contribution in [0.15, 0.2) is 35.2 Å². The summed E-state index contributed by atoms with van der Waals surface area (Å²) in [5.41, 5.74) is 0. The molecule has 0 spiro atoms. The minimum absolute atomic E-state index is 0.221. The van der Waals surface area contributed by atoms with Gasteiger partial charge in [-0.3, -0.25) is 4.79 Å². The van der Waals surface area contributed by atoms with Gasteiger partial charge in [0, 0.05) is 26.7 Å². The lowest BCUT2D eigenvalue weighted by Crippen LogP contribution is -2.59. The summed E-state index contributed by atoms with van der Waals surface area (Å²) in [7, 11) is -0.248. The van der Waals surface area contributed by atoms with Crippen LogP contribution in [-0.4, -0.2) is 63.3 Å². The number of likely N-dealkylation sites (N-methyl/N-ethyl adjacent to an activating group) is 2. The summed E-state index contributed by atoms with van der Waals surface area (Å²) in [4.78, 5) is 14.1. The number of piperazine rings is 1. The largest absolute Gasteiger partial charge is 0.358 e. The fourth-order valence-corrected chi connectivity index (χ4v) is 3.89. The Morgan fingerprint density at radius 3 is 2.50 bits per heavy atom. The van der Waals surface area contributed by atoms with Crippen LogP contribution >= 0.6 is 0 Å². The monoisotopic (exact) mass is 297 g/mol. The van der Waals surface area contributed by atoms with E-state index >= 15 is 0 Å². The maximum Gasteiger partial charge on any atom is 0.243 e. The topological polar surface area (TPSA) is 69.7 Å². The van der Waals surface area contributed by atoms with E-state index in [2.05, 4.69) is 5.32 Å². The number of nitrogens with one attached hydrogen (secondary N) is 1. The summed E-state index contributed by atoms with van der Waals surface area (Å²) >= 11 is 0. The molecule has 1 aromatic carbocycles. The molecule has 0 saturated carbocycles. The molecule has 6 nitrogen and oxygen atoms in total. The molecule has 0 aromatic heterocycles. The summed E-state index contributed by atoms with van der Waals surface area (Å²) in [6.45, 7) is 1.32. The number of carbonyl (C=O) groups is 1. The highest BCUT2D eigenvalue weighted by Crippen LogP contribution is 2.21. The van der Waals surface area contributed by atoms with E-state index in [1.165, 1.54) is 11.4 Å². The molecule has 2 rings (SSSR count). The van der Waals surface area contributed by atoms with E-state index in [9.17, 15) is 13.2 Å².